The van der Waals surface area contributed by atoms with Crippen LogP contribution in [-0.4, -0.2) is 19.5 Å². The van der Waals surface area contributed by atoms with Crippen LogP contribution in [0.2, 0.25) is 5.02 Å². The van der Waals surface area contributed by atoms with E-state index >= 15 is 0 Å². The van der Waals surface area contributed by atoms with Crippen LogP contribution in [0.1, 0.15) is 57.0 Å². The van der Waals surface area contributed by atoms with Crippen LogP contribution in [-0.2, 0) is 12.6 Å². The molecule has 2 heterocycles. The number of imidazole rings is 1. The molecule has 0 aliphatic heterocycles. The first-order chi connectivity index (χ1) is 13.8. The molecule has 2 aromatic heterocycles. The van der Waals surface area contributed by atoms with Crippen molar-refractivity contribution in [2.45, 2.75) is 58.2 Å². The molecule has 0 N–H and O–H groups in total. The maximum atomic E-state index is 13.0. The van der Waals surface area contributed by atoms with Crippen LogP contribution in [0.25, 0.3) is 22.4 Å². The van der Waals surface area contributed by atoms with E-state index in [1.807, 2.05) is 6.92 Å². The number of rotatable bonds is 6. The van der Waals surface area contributed by atoms with Crippen molar-refractivity contribution >= 4 is 22.8 Å². The highest BCUT2D eigenvalue weighted by atomic mass is 35.5. The fraction of sp³-hybridized carbons (Fsp3) is 0.476. The number of hydrogen-bond acceptors (Lipinski definition) is 3. The van der Waals surface area contributed by atoms with Crippen LogP contribution in [0.5, 0.6) is 0 Å². The number of aryl methyl sites for hydroxylation is 1. The Labute approximate surface area is 172 Å². The monoisotopic (exact) mass is 422 g/mol. The third-order valence-corrected chi connectivity index (χ3v) is 5.81. The van der Waals surface area contributed by atoms with Gasteiger partial charge in [-0.1, -0.05) is 37.9 Å². The molecule has 1 aromatic carbocycles. The smallest absolute Gasteiger partial charge is 0.309 e. The van der Waals surface area contributed by atoms with E-state index in [-0.39, 0.29) is 5.02 Å². The summed E-state index contributed by atoms with van der Waals surface area (Å²) in [5, 5.41) is -0.000255. The molecule has 1 aliphatic carbocycles. The second kappa shape index (κ2) is 7.59. The highest BCUT2D eigenvalue weighted by molar-refractivity contribution is 6.33. The van der Waals surface area contributed by atoms with Crippen molar-refractivity contribution in [2.24, 2.45) is 5.92 Å². The van der Waals surface area contributed by atoms with E-state index in [9.17, 15) is 13.2 Å². The zero-order valence-electron chi connectivity index (χ0n) is 16.3. The van der Waals surface area contributed by atoms with Crippen molar-refractivity contribution in [3.8, 4) is 11.3 Å². The first-order valence-electron chi connectivity index (χ1n) is 9.94. The van der Waals surface area contributed by atoms with Gasteiger partial charge in [-0.2, -0.15) is 13.2 Å². The lowest BCUT2D eigenvalue weighted by Crippen LogP contribution is -2.14. The zero-order valence-corrected chi connectivity index (χ0v) is 17.1. The lowest BCUT2D eigenvalue weighted by atomic mass is 10.1. The molecule has 1 atom stereocenters. The van der Waals surface area contributed by atoms with Crippen LogP contribution in [0.15, 0.2) is 24.5 Å². The molecule has 154 valence electrons. The van der Waals surface area contributed by atoms with Gasteiger partial charge in [0.25, 0.3) is 0 Å². The Kier molecular flexibility index (Phi) is 5.27. The molecule has 0 saturated heterocycles. The summed E-state index contributed by atoms with van der Waals surface area (Å²) in [6.07, 6.45) is 2.25. The molecule has 0 bridgehead atoms. The molecule has 0 radical (unpaired) electrons. The maximum absolute atomic E-state index is 13.0. The van der Waals surface area contributed by atoms with Crippen molar-refractivity contribution in [3.63, 3.8) is 0 Å². The largest absolute Gasteiger partial charge is 0.416 e. The standard InChI is InChI=1S/C21H22ClF3N4/c1-3-5-16(12-6-7-12)29-17(4-2)28-19-18(26-11-27-20(19)29)14-9-8-13(10-15(14)22)21(23,24)25/h8-12,16H,3-7H2,1-2H3. The quantitative estimate of drug-likeness (QED) is 0.456. The summed E-state index contributed by atoms with van der Waals surface area (Å²) in [6.45, 7) is 4.22. The van der Waals surface area contributed by atoms with Crippen LogP contribution in [0.3, 0.4) is 0 Å². The fourth-order valence-corrected chi connectivity index (χ4v) is 4.25. The van der Waals surface area contributed by atoms with E-state index in [1.54, 1.807) is 0 Å². The second-order valence-electron chi connectivity index (χ2n) is 7.53. The Morgan fingerprint density at radius 2 is 1.97 bits per heavy atom. The third kappa shape index (κ3) is 3.72. The molecule has 0 spiro atoms. The van der Waals surface area contributed by atoms with E-state index < -0.39 is 11.7 Å². The molecule has 0 amide bonds. The Hall–Kier alpha value is -2.15. The normalized spacial score (nSPS) is 15.8. The van der Waals surface area contributed by atoms with Crippen LogP contribution in [0.4, 0.5) is 13.2 Å². The molecule has 1 fully saturated rings. The molecule has 8 heteroatoms. The van der Waals surface area contributed by atoms with Gasteiger partial charge in [0.05, 0.1) is 10.6 Å². The summed E-state index contributed by atoms with van der Waals surface area (Å²) in [5.74, 6) is 1.56. The van der Waals surface area contributed by atoms with E-state index in [0.29, 0.717) is 28.7 Å². The average Bonchev–Trinajstić information content (AvgIpc) is 3.45. The third-order valence-electron chi connectivity index (χ3n) is 5.50. The molecule has 1 aliphatic rings. The van der Waals surface area contributed by atoms with Gasteiger partial charge in [0.15, 0.2) is 5.65 Å². The van der Waals surface area contributed by atoms with Gasteiger partial charge < -0.3 is 4.57 Å². The minimum Gasteiger partial charge on any atom is -0.309 e. The van der Waals surface area contributed by atoms with Gasteiger partial charge in [-0.25, -0.2) is 15.0 Å². The number of fused-ring (bicyclic) bond motifs is 1. The molecule has 1 saturated carbocycles. The van der Waals surface area contributed by atoms with E-state index in [0.717, 1.165) is 42.9 Å². The molecule has 4 rings (SSSR count). The number of benzene rings is 1. The summed E-state index contributed by atoms with van der Waals surface area (Å²) >= 11 is 6.23. The Balaban J connectivity index is 1.87. The van der Waals surface area contributed by atoms with E-state index in [1.165, 1.54) is 25.2 Å². The molecular weight excluding hydrogens is 401 g/mol. The van der Waals surface area contributed by atoms with Crippen LogP contribution < -0.4 is 0 Å². The van der Waals surface area contributed by atoms with E-state index in [2.05, 4.69) is 21.5 Å². The maximum Gasteiger partial charge on any atom is 0.416 e. The number of aromatic nitrogens is 4. The summed E-state index contributed by atoms with van der Waals surface area (Å²) in [7, 11) is 0. The summed E-state index contributed by atoms with van der Waals surface area (Å²) < 4.78 is 41.2. The van der Waals surface area contributed by atoms with Crippen LogP contribution >= 0.6 is 11.6 Å². The molecule has 1 unspecified atom stereocenters. The Bertz CT molecular complexity index is 1040. The Morgan fingerprint density at radius 1 is 1.21 bits per heavy atom. The summed E-state index contributed by atoms with van der Waals surface area (Å²) in [5.41, 5.74) is 1.43. The highest BCUT2D eigenvalue weighted by Crippen LogP contribution is 2.44. The minimum absolute atomic E-state index is 0.000255. The highest BCUT2D eigenvalue weighted by Gasteiger charge is 2.35. The van der Waals surface area contributed by atoms with Gasteiger partial charge in [0.1, 0.15) is 23.4 Å². The van der Waals surface area contributed by atoms with Gasteiger partial charge in [-0.15, -0.1) is 0 Å². The predicted octanol–water partition coefficient (Wildman–Crippen LogP) is 6.48. The number of alkyl halides is 3. The van der Waals surface area contributed by atoms with E-state index in [4.69, 9.17) is 16.6 Å². The lowest BCUT2D eigenvalue weighted by Gasteiger charge is -2.20. The fourth-order valence-electron chi connectivity index (χ4n) is 3.98. The van der Waals surface area contributed by atoms with Crippen molar-refractivity contribution in [1.29, 1.82) is 0 Å². The Morgan fingerprint density at radius 3 is 2.55 bits per heavy atom. The zero-order chi connectivity index (χ0) is 20.8. The van der Waals surface area contributed by atoms with Gasteiger partial charge in [-0.3, -0.25) is 0 Å². The van der Waals surface area contributed by atoms with Gasteiger partial charge in [-0.05, 0) is 37.3 Å². The van der Waals surface area contributed by atoms with Crippen molar-refractivity contribution < 1.29 is 13.2 Å². The van der Waals surface area contributed by atoms with Crippen molar-refractivity contribution in [2.75, 3.05) is 0 Å². The first kappa shape index (κ1) is 20.1. The SMILES string of the molecule is CCCC(C1CC1)n1c(CC)nc2c(-c3ccc(C(F)(F)F)cc3Cl)ncnc21. The number of hydrogen-bond donors (Lipinski definition) is 0. The topological polar surface area (TPSA) is 43.6 Å². The number of halogens is 4. The molecular formula is C21H22ClF3N4. The second-order valence-corrected chi connectivity index (χ2v) is 7.94. The summed E-state index contributed by atoms with van der Waals surface area (Å²) in [4.78, 5) is 13.6. The predicted molar refractivity (Wildman–Crippen MR) is 107 cm³/mol. The molecule has 4 nitrogen and oxygen atoms in total. The number of nitrogens with zero attached hydrogens (tertiary/aromatic N) is 4. The lowest BCUT2D eigenvalue weighted by molar-refractivity contribution is -0.137. The van der Waals surface area contributed by atoms with Gasteiger partial charge in [0, 0.05) is 18.0 Å². The first-order valence-corrected chi connectivity index (χ1v) is 10.3. The minimum atomic E-state index is -4.45. The molecule has 3 aromatic rings. The van der Waals surface area contributed by atoms with Crippen LogP contribution in [0, 0.1) is 5.92 Å². The summed E-state index contributed by atoms with van der Waals surface area (Å²) in [6, 6.07) is 3.66. The van der Waals surface area contributed by atoms with Gasteiger partial charge >= 0.3 is 6.18 Å². The van der Waals surface area contributed by atoms with Crippen molar-refractivity contribution in [3.05, 3.63) is 40.9 Å². The molecule has 29 heavy (non-hydrogen) atoms. The van der Waals surface area contributed by atoms with Crippen molar-refractivity contribution in [1.82, 2.24) is 19.5 Å². The average molecular weight is 423 g/mol. The van der Waals surface area contributed by atoms with Gasteiger partial charge in [0.2, 0.25) is 0 Å².